The summed E-state index contributed by atoms with van der Waals surface area (Å²) in [7, 11) is 0. The lowest BCUT2D eigenvalue weighted by Crippen LogP contribution is -2.50. The molecule has 0 aliphatic carbocycles. The molecule has 2 unspecified atom stereocenters. The second kappa shape index (κ2) is 11.6. The van der Waals surface area contributed by atoms with Crippen LogP contribution >= 0.6 is 39.1 Å². The highest BCUT2D eigenvalue weighted by Gasteiger charge is 2.27. The van der Waals surface area contributed by atoms with E-state index in [9.17, 15) is 9.59 Å². The summed E-state index contributed by atoms with van der Waals surface area (Å²) in [6, 6.07) is 11.6. The lowest BCUT2D eigenvalue weighted by Gasteiger charge is -2.29. The molecular formula is C22H25BrCl2N2O3. The number of amides is 2. The van der Waals surface area contributed by atoms with E-state index in [2.05, 4.69) is 21.2 Å². The molecule has 30 heavy (non-hydrogen) atoms. The van der Waals surface area contributed by atoms with Gasteiger partial charge in [-0.3, -0.25) is 9.59 Å². The van der Waals surface area contributed by atoms with Gasteiger partial charge < -0.3 is 15.0 Å². The molecule has 1 N–H and O–H groups in total. The lowest BCUT2D eigenvalue weighted by atomic mass is 10.1. The van der Waals surface area contributed by atoms with Gasteiger partial charge in [0.1, 0.15) is 11.8 Å². The van der Waals surface area contributed by atoms with Gasteiger partial charge in [-0.2, -0.15) is 0 Å². The van der Waals surface area contributed by atoms with Crippen LogP contribution < -0.4 is 10.1 Å². The average molecular weight is 516 g/mol. The van der Waals surface area contributed by atoms with E-state index in [1.807, 2.05) is 26.0 Å². The molecule has 5 nitrogen and oxygen atoms in total. The van der Waals surface area contributed by atoms with Crippen molar-refractivity contribution in [3.05, 3.63) is 62.5 Å². The molecule has 0 spiro atoms. The van der Waals surface area contributed by atoms with E-state index in [0.717, 1.165) is 12.0 Å². The largest absolute Gasteiger partial charge is 0.483 e. The van der Waals surface area contributed by atoms with Crippen molar-refractivity contribution in [1.82, 2.24) is 10.2 Å². The predicted molar refractivity (Wildman–Crippen MR) is 124 cm³/mol. The Kier molecular flexibility index (Phi) is 9.46. The highest BCUT2D eigenvalue weighted by atomic mass is 79.9. The summed E-state index contributed by atoms with van der Waals surface area (Å²) in [5.74, 6) is -0.0387. The van der Waals surface area contributed by atoms with Crippen LogP contribution in [0.2, 0.25) is 10.0 Å². The molecule has 2 aromatic rings. The first kappa shape index (κ1) is 24.5. The third kappa shape index (κ3) is 7.18. The van der Waals surface area contributed by atoms with Crippen LogP contribution in [0.4, 0.5) is 0 Å². The number of ether oxygens (including phenoxy) is 1. The molecule has 0 heterocycles. The highest BCUT2D eigenvalue weighted by Crippen LogP contribution is 2.28. The van der Waals surface area contributed by atoms with E-state index in [0.29, 0.717) is 20.3 Å². The van der Waals surface area contributed by atoms with Gasteiger partial charge >= 0.3 is 0 Å². The van der Waals surface area contributed by atoms with Crippen molar-refractivity contribution in [1.29, 1.82) is 0 Å². The van der Waals surface area contributed by atoms with Gasteiger partial charge in [0.05, 0.1) is 4.47 Å². The van der Waals surface area contributed by atoms with Crippen LogP contribution in [-0.4, -0.2) is 35.4 Å². The van der Waals surface area contributed by atoms with Crippen molar-refractivity contribution >= 4 is 50.9 Å². The highest BCUT2D eigenvalue weighted by molar-refractivity contribution is 9.10. The number of benzene rings is 2. The maximum absolute atomic E-state index is 13.0. The molecule has 0 saturated heterocycles. The van der Waals surface area contributed by atoms with Crippen LogP contribution in [0.3, 0.4) is 0 Å². The number of hydrogen-bond donors (Lipinski definition) is 1. The summed E-state index contributed by atoms with van der Waals surface area (Å²) in [6.45, 7) is 5.64. The summed E-state index contributed by atoms with van der Waals surface area (Å²) < 4.78 is 6.32. The number of nitrogens with one attached hydrogen (secondary N) is 1. The molecule has 0 radical (unpaired) electrons. The van der Waals surface area contributed by atoms with Crippen LogP contribution in [0.25, 0.3) is 0 Å². The summed E-state index contributed by atoms with van der Waals surface area (Å²) in [6.07, 6.45) is 0.800. The molecule has 0 bridgehead atoms. The fourth-order valence-corrected chi connectivity index (χ4v) is 3.70. The molecule has 0 fully saturated rings. The Morgan fingerprint density at radius 3 is 2.47 bits per heavy atom. The molecule has 0 saturated carbocycles. The van der Waals surface area contributed by atoms with Crippen molar-refractivity contribution in [2.75, 3.05) is 6.61 Å². The molecule has 8 heteroatoms. The maximum Gasteiger partial charge on any atom is 0.261 e. The molecule has 2 atom stereocenters. The van der Waals surface area contributed by atoms with Crippen molar-refractivity contribution in [3.63, 3.8) is 0 Å². The Labute approximate surface area is 195 Å². The Balaban J connectivity index is 2.18. The number of halogens is 3. The van der Waals surface area contributed by atoms with E-state index in [-0.39, 0.29) is 31.0 Å². The molecule has 0 aliphatic rings. The average Bonchev–Trinajstić information content (AvgIpc) is 2.70. The Bertz CT molecular complexity index is 894. The van der Waals surface area contributed by atoms with Crippen LogP contribution in [0.5, 0.6) is 5.75 Å². The second-order valence-electron chi connectivity index (χ2n) is 7.01. The fourth-order valence-electron chi connectivity index (χ4n) is 2.69. The number of nitrogens with zero attached hydrogens (tertiary/aromatic N) is 1. The molecule has 2 rings (SSSR count). The van der Waals surface area contributed by atoms with Gasteiger partial charge in [-0.25, -0.2) is 0 Å². The lowest BCUT2D eigenvalue weighted by molar-refractivity contribution is -0.142. The van der Waals surface area contributed by atoms with Crippen molar-refractivity contribution in [3.8, 4) is 5.75 Å². The van der Waals surface area contributed by atoms with E-state index >= 15 is 0 Å². The van der Waals surface area contributed by atoms with Crippen LogP contribution in [0.15, 0.2) is 46.9 Å². The van der Waals surface area contributed by atoms with Gasteiger partial charge in [-0.05, 0) is 72.1 Å². The zero-order valence-electron chi connectivity index (χ0n) is 17.1. The third-order valence-electron chi connectivity index (χ3n) is 4.66. The Hall–Kier alpha value is -1.76. The van der Waals surface area contributed by atoms with Gasteiger partial charge in [0.25, 0.3) is 5.91 Å². The van der Waals surface area contributed by atoms with E-state index in [1.165, 1.54) is 4.90 Å². The minimum atomic E-state index is -0.678. The molecule has 0 aliphatic heterocycles. The van der Waals surface area contributed by atoms with Crippen LogP contribution in [0, 0.1) is 0 Å². The van der Waals surface area contributed by atoms with Gasteiger partial charge in [-0.15, -0.1) is 0 Å². The van der Waals surface area contributed by atoms with Crippen molar-refractivity contribution in [2.45, 2.75) is 45.8 Å². The first-order valence-corrected chi connectivity index (χ1v) is 11.2. The first-order chi connectivity index (χ1) is 14.2. The maximum atomic E-state index is 13.0. The summed E-state index contributed by atoms with van der Waals surface area (Å²) >= 11 is 15.4. The third-order valence-corrected chi connectivity index (χ3v) is 5.75. The number of carbonyl (C=O) groups is 2. The van der Waals surface area contributed by atoms with Gasteiger partial charge in [0.15, 0.2) is 6.61 Å². The summed E-state index contributed by atoms with van der Waals surface area (Å²) in [4.78, 5) is 27.2. The Morgan fingerprint density at radius 1 is 1.13 bits per heavy atom. The standard InChI is InChI=1S/C22H25BrCl2N2O3/c1-4-14(2)26-22(29)15(3)27(12-16-6-5-7-17(24)10-16)21(28)13-30-20-9-8-18(25)11-19(20)23/h5-11,14-15H,4,12-13H2,1-3H3,(H,26,29). The normalized spacial score (nSPS) is 12.7. The fraction of sp³-hybridized carbons (Fsp3) is 0.364. The zero-order valence-corrected chi connectivity index (χ0v) is 20.2. The number of carbonyl (C=O) groups excluding carboxylic acids is 2. The Morgan fingerprint density at radius 2 is 1.83 bits per heavy atom. The minimum absolute atomic E-state index is 0.0179. The molecule has 2 amide bonds. The van der Waals surface area contributed by atoms with E-state index < -0.39 is 6.04 Å². The monoisotopic (exact) mass is 514 g/mol. The topological polar surface area (TPSA) is 58.6 Å². The first-order valence-electron chi connectivity index (χ1n) is 9.63. The summed E-state index contributed by atoms with van der Waals surface area (Å²) in [5.41, 5.74) is 0.826. The van der Waals surface area contributed by atoms with Gasteiger partial charge in [0.2, 0.25) is 5.91 Å². The molecule has 2 aromatic carbocycles. The SMILES string of the molecule is CCC(C)NC(=O)C(C)N(Cc1cccc(Cl)c1)C(=O)COc1ccc(Cl)cc1Br. The predicted octanol–water partition coefficient (Wildman–Crippen LogP) is 5.47. The quantitative estimate of drug-likeness (QED) is 0.482. The molecule has 162 valence electrons. The smallest absolute Gasteiger partial charge is 0.261 e. The van der Waals surface area contributed by atoms with Crippen LogP contribution in [0.1, 0.15) is 32.8 Å². The molecular weight excluding hydrogens is 491 g/mol. The van der Waals surface area contributed by atoms with E-state index in [1.54, 1.807) is 37.3 Å². The minimum Gasteiger partial charge on any atom is -0.483 e. The zero-order chi connectivity index (χ0) is 22.3. The van der Waals surface area contributed by atoms with Crippen LogP contribution in [-0.2, 0) is 16.1 Å². The van der Waals surface area contributed by atoms with Crippen molar-refractivity contribution < 1.29 is 14.3 Å². The van der Waals surface area contributed by atoms with Crippen molar-refractivity contribution in [2.24, 2.45) is 0 Å². The number of rotatable bonds is 9. The van der Waals surface area contributed by atoms with Gasteiger partial charge in [-0.1, -0.05) is 42.3 Å². The second-order valence-corrected chi connectivity index (χ2v) is 8.74. The number of hydrogen-bond acceptors (Lipinski definition) is 3. The van der Waals surface area contributed by atoms with E-state index in [4.69, 9.17) is 27.9 Å². The van der Waals surface area contributed by atoms with Gasteiger partial charge in [0, 0.05) is 22.6 Å². The molecule has 0 aromatic heterocycles. The summed E-state index contributed by atoms with van der Waals surface area (Å²) in [5, 5.41) is 4.05.